The number of aromatic amines is 1. The molecule has 0 bridgehead atoms. The second-order valence-corrected chi connectivity index (χ2v) is 4.61. The Labute approximate surface area is 110 Å². The van der Waals surface area contributed by atoms with Gasteiger partial charge in [0.15, 0.2) is 5.65 Å². The topological polar surface area (TPSA) is 71.4 Å². The number of hydrogen-bond acceptors (Lipinski definition) is 4. The number of pyridine rings is 1. The highest BCUT2D eigenvalue weighted by Gasteiger charge is 2.06. The Morgan fingerprint density at radius 3 is 3.05 bits per heavy atom. The summed E-state index contributed by atoms with van der Waals surface area (Å²) in [5.41, 5.74) is 4.17. The molecule has 0 fully saturated rings. The van der Waals surface area contributed by atoms with E-state index < -0.39 is 0 Å². The number of H-pyrrole nitrogens is 1. The summed E-state index contributed by atoms with van der Waals surface area (Å²) in [6.45, 7) is 3.55. The molecule has 19 heavy (non-hydrogen) atoms. The lowest BCUT2D eigenvalue weighted by Gasteiger charge is -2.03. The molecule has 2 N–H and O–H groups in total. The predicted octanol–water partition coefficient (Wildman–Crippen LogP) is 1.29. The van der Waals surface area contributed by atoms with E-state index in [-0.39, 0.29) is 0 Å². The lowest BCUT2D eigenvalue weighted by Crippen LogP contribution is -2.13. The smallest absolute Gasteiger partial charge is 0.157 e. The molecule has 0 saturated carbocycles. The molecular formula is C13H16N6. The Hall–Kier alpha value is -2.21. The van der Waals surface area contributed by atoms with Crippen molar-refractivity contribution in [3.05, 3.63) is 41.5 Å². The molecule has 0 radical (unpaired) electrons. The van der Waals surface area contributed by atoms with Crippen LogP contribution < -0.4 is 5.32 Å². The van der Waals surface area contributed by atoms with Gasteiger partial charge in [-0.3, -0.25) is 9.78 Å². The molecule has 3 rings (SSSR count). The maximum Gasteiger partial charge on any atom is 0.157 e. The summed E-state index contributed by atoms with van der Waals surface area (Å²) >= 11 is 0. The SMILES string of the molecule is Cc1nn(C)c2ncc(CNCc3ccn[nH]3)cc12. The van der Waals surface area contributed by atoms with E-state index in [4.69, 9.17) is 0 Å². The van der Waals surface area contributed by atoms with Crippen molar-refractivity contribution in [3.8, 4) is 0 Å². The minimum atomic E-state index is 0.768. The quantitative estimate of drug-likeness (QED) is 0.738. The monoisotopic (exact) mass is 256 g/mol. The third-order valence-electron chi connectivity index (χ3n) is 3.12. The summed E-state index contributed by atoms with van der Waals surface area (Å²) in [4.78, 5) is 4.46. The van der Waals surface area contributed by atoms with Crippen LogP contribution in [0.4, 0.5) is 0 Å². The minimum Gasteiger partial charge on any atom is -0.307 e. The Balaban J connectivity index is 1.73. The number of nitrogens with zero attached hydrogens (tertiary/aromatic N) is 4. The Morgan fingerprint density at radius 1 is 1.37 bits per heavy atom. The molecule has 0 amide bonds. The van der Waals surface area contributed by atoms with Gasteiger partial charge in [-0.15, -0.1) is 0 Å². The van der Waals surface area contributed by atoms with Crippen LogP contribution in [0, 0.1) is 6.92 Å². The van der Waals surface area contributed by atoms with E-state index in [2.05, 4.69) is 31.7 Å². The number of aromatic nitrogens is 5. The number of hydrogen-bond donors (Lipinski definition) is 2. The Morgan fingerprint density at radius 2 is 2.26 bits per heavy atom. The molecule has 3 aromatic heterocycles. The fourth-order valence-corrected chi connectivity index (χ4v) is 2.17. The Kier molecular flexibility index (Phi) is 3.00. The van der Waals surface area contributed by atoms with Gasteiger partial charge in [-0.2, -0.15) is 10.2 Å². The number of rotatable bonds is 4. The number of fused-ring (bicyclic) bond motifs is 1. The maximum atomic E-state index is 4.46. The lowest BCUT2D eigenvalue weighted by atomic mass is 10.2. The largest absolute Gasteiger partial charge is 0.307 e. The van der Waals surface area contributed by atoms with E-state index in [1.807, 2.05) is 30.9 Å². The average Bonchev–Trinajstić information content (AvgIpc) is 3.00. The van der Waals surface area contributed by atoms with Gasteiger partial charge in [0.05, 0.1) is 5.69 Å². The minimum absolute atomic E-state index is 0.768. The van der Waals surface area contributed by atoms with Crippen molar-refractivity contribution < 1.29 is 0 Å². The Bertz CT molecular complexity index is 683. The fourth-order valence-electron chi connectivity index (χ4n) is 2.17. The molecular weight excluding hydrogens is 240 g/mol. The van der Waals surface area contributed by atoms with Gasteiger partial charge in [0.25, 0.3) is 0 Å². The predicted molar refractivity (Wildman–Crippen MR) is 72.4 cm³/mol. The standard InChI is InChI=1S/C13H16N6/c1-9-12-5-10(7-15-13(12)19(2)18-9)6-14-8-11-3-4-16-17-11/h3-5,7,14H,6,8H2,1-2H3,(H,16,17). The van der Waals surface area contributed by atoms with Crippen molar-refractivity contribution in [2.75, 3.05) is 0 Å². The molecule has 3 heterocycles. The van der Waals surface area contributed by atoms with E-state index in [0.29, 0.717) is 0 Å². The van der Waals surface area contributed by atoms with Crippen LogP contribution in [0.3, 0.4) is 0 Å². The molecule has 0 aliphatic heterocycles. The molecule has 0 aliphatic rings. The summed E-state index contributed by atoms with van der Waals surface area (Å²) < 4.78 is 1.81. The van der Waals surface area contributed by atoms with E-state index in [9.17, 15) is 0 Å². The van der Waals surface area contributed by atoms with Crippen molar-refractivity contribution in [1.82, 2.24) is 30.3 Å². The van der Waals surface area contributed by atoms with Crippen molar-refractivity contribution in [3.63, 3.8) is 0 Å². The van der Waals surface area contributed by atoms with Crippen molar-refractivity contribution in [2.24, 2.45) is 7.05 Å². The normalized spacial score (nSPS) is 11.3. The van der Waals surface area contributed by atoms with Crippen molar-refractivity contribution in [1.29, 1.82) is 0 Å². The zero-order valence-corrected chi connectivity index (χ0v) is 11.0. The van der Waals surface area contributed by atoms with Gasteiger partial charge >= 0.3 is 0 Å². The van der Waals surface area contributed by atoms with Crippen LogP contribution in [0.25, 0.3) is 11.0 Å². The zero-order valence-electron chi connectivity index (χ0n) is 11.0. The van der Waals surface area contributed by atoms with Gasteiger partial charge in [-0.1, -0.05) is 0 Å². The molecule has 0 atom stereocenters. The molecule has 0 aromatic carbocycles. The molecule has 6 heteroatoms. The molecule has 98 valence electrons. The number of aryl methyl sites for hydroxylation is 2. The molecule has 3 aromatic rings. The molecule has 0 unspecified atom stereocenters. The van der Waals surface area contributed by atoms with Crippen molar-refractivity contribution in [2.45, 2.75) is 20.0 Å². The van der Waals surface area contributed by atoms with Gasteiger partial charge in [0, 0.05) is 43.6 Å². The second kappa shape index (κ2) is 4.81. The highest BCUT2D eigenvalue weighted by atomic mass is 15.3. The van der Waals surface area contributed by atoms with Gasteiger partial charge in [0.1, 0.15) is 0 Å². The molecule has 0 aliphatic carbocycles. The van der Waals surface area contributed by atoms with E-state index in [1.165, 1.54) is 0 Å². The van der Waals surface area contributed by atoms with Crippen LogP contribution in [0.1, 0.15) is 17.0 Å². The zero-order chi connectivity index (χ0) is 13.2. The summed E-state index contributed by atoms with van der Waals surface area (Å²) in [7, 11) is 1.92. The van der Waals surface area contributed by atoms with Crippen LogP contribution in [0.15, 0.2) is 24.5 Å². The molecule has 6 nitrogen and oxygen atoms in total. The summed E-state index contributed by atoms with van der Waals surface area (Å²) in [5.74, 6) is 0. The second-order valence-electron chi connectivity index (χ2n) is 4.61. The third-order valence-corrected chi connectivity index (χ3v) is 3.12. The van der Waals surface area contributed by atoms with Crippen LogP contribution in [0.5, 0.6) is 0 Å². The van der Waals surface area contributed by atoms with Gasteiger partial charge in [-0.25, -0.2) is 4.98 Å². The van der Waals surface area contributed by atoms with Crippen LogP contribution in [0.2, 0.25) is 0 Å². The average molecular weight is 256 g/mol. The molecule has 0 spiro atoms. The summed E-state index contributed by atoms with van der Waals surface area (Å²) in [5, 5.41) is 15.7. The third kappa shape index (κ3) is 2.34. The lowest BCUT2D eigenvalue weighted by molar-refractivity contribution is 0.676. The van der Waals surface area contributed by atoms with E-state index in [0.717, 1.165) is 41.1 Å². The van der Waals surface area contributed by atoms with Crippen LogP contribution in [-0.4, -0.2) is 25.0 Å². The first-order valence-corrected chi connectivity index (χ1v) is 6.21. The first kappa shape index (κ1) is 11.9. The summed E-state index contributed by atoms with van der Waals surface area (Å²) in [6, 6.07) is 4.10. The fraction of sp³-hybridized carbons (Fsp3) is 0.308. The highest BCUT2D eigenvalue weighted by Crippen LogP contribution is 2.16. The maximum absolute atomic E-state index is 4.46. The van der Waals surface area contributed by atoms with E-state index >= 15 is 0 Å². The van der Waals surface area contributed by atoms with Gasteiger partial charge in [-0.05, 0) is 24.6 Å². The van der Waals surface area contributed by atoms with Crippen LogP contribution >= 0.6 is 0 Å². The number of nitrogens with one attached hydrogen (secondary N) is 2. The van der Waals surface area contributed by atoms with Crippen LogP contribution in [-0.2, 0) is 20.1 Å². The van der Waals surface area contributed by atoms with E-state index in [1.54, 1.807) is 6.20 Å². The van der Waals surface area contributed by atoms with Crippen molar-refractivity contribution >= 4 is 11.0 Å². The summed E-state index contributed by atoms with van der Waals surface area (Å²) in [6.07, 6.45) is 3.65. The molecule has 0 saturated heterocycles. The van der Waals surface area contributed by atoms with Gasteiger partial charge in [0.2, 0.25) is 0 Å². The first-order chi connectivity index (χ1) is 9.24. The first-order valence-electron chi connectivity index (χ1n) is 6.21. The highest BCUT2D eigenvalue weighted by molar-refractivity contribution is 5.78. The van der Waals surface area contributed by atoms with Gasteiger partial charge < -0.3 is 5.32 Å².